The molecule has 0 aliphatic carbocycles. The third kappa shape index (κ3) is 58.3. The molecule has 0 aromatic heterocycles. The number of allylic oxidation sites excluding steroid dienone is 22. The average Bonchev–Trinajstić information content (AvgIpc) is 3.39. The minimum atomic E-state index is -0.803. The van der Waals surface area contributed by atoms with Crippen LogP contribution >= 0.6 is 0 Å². The highest BCUT2D eigenvalue weighted by molar-refractivity contribution is 5.71. The summed E-state index contributed by atoms with van der Waals surface area (Å²) in [5.41, 5.74) is 0. The summed E-state index contributed by atoms with van der Waals surface area (Å²) in [6.07, 6.45) is 84.5. The molecule has 0 radical (unpaired) electrons. The molecular weight excluding hydrogens is 901 g/mol. The predicted octanol–water partition coefficient (Wildman–Crippen LogP) is 20.2. The van der Waals surface area contributed by atoms with Crippen molar-refractivity contribution in [3.8, 4) is 0 Å². The zero-order valence-corrected chi connectivity index (χ0v) is 47.1. The van der Waals surface area contributed by atoms with E-state index in [9.17, 15) is 14.4 Å². The summed E-state index contributed by atoms with van der Waals surface area (Å²) in [6, 6.07) is 0. The van der Waals surface area contributed by atoms with Gasteiger partial charge in [0.05, 0.1) is 0 Å². The van der Waals surface area contributed by atoms with Crippen LogP contribution in [0.2, 0.25) is 0 Å². The van der Waals surface area contributed by atoms with Gasteiger partial charge in [-0.05, 0) is 128 Å². The Hall–Kier alpha value is -4.45. The third-order valence-corrected chi connectivity index (χ3v) is 12.1. The van der Waals surface area contributed by atoms with Crippen molar-refractivity contribution in [3.63, 3.8) is 0 Å². The van der Waals surface area contributed by atoms with Crippen LogP contribution in [0.5, 0.6) is 0 Å². The van der Waals surface area contributed by atoms with Crippen LogP contribution < -0.4 is 0 Å². The molecule has 0 bridgehead atoms. The molecule has 0 saturated carbocycles. The second-order valence-electron chi connectivity index (χ2n) is 19.1. The Morgan fingerprint density at radius 3 is 0.781 bits per heavy atom. The molecule has 0 heterocycles. The van der Waals surface area contributed by atoms with Crippen LogP contribution in [0, 0.1) is 0 Å². The van der Waals surface area contributed by atoms with Crippen molar-refractivity contribution < 1.29 is 28.6 Å². The molecule has 0 spiro atoms. The van der Waals surface area contributed by atoms with E-state index in [-0.39, 0.29) is 31.1 Å². The van der Waals surface area contributed by atoms with Gasteiger partial charge in [-0.2, -0.15) is 0 Å². The monoisotopic (exact) mass is 1010 g/mol. The van der Waals surface area contributed by atoms with Crippen LogP contribution in [0.15, 0.2) is 134 Å². The Morgan fingerprint density at radius 2 is 0.493 bits per heavy atom. The lowest BCUT2D eigenvalue weighted by molar-refractivity contribution is -0.167. The molecule has 0 saturated heterocycles. The molecule has 1 unspecified atom stereocenters. The van der Waals surface area contributed by atoms with Gasteiger partial charge in [-0.1, -0.05) is 238 Å². The Labute approximate surface area is 449 Å². The molecule has 0 aliphatic rings. The molecule has 73 heavy (non-hydrogen) atoms. The second kappa shape index (κ2) is 60.1. The van der Waals surface area contributed by atoms with Crippen molar-refractivity contribution in [1.82, 2.24) is 0 Å². The minimum absolute atomic E-state index is 0.0988. The molecule has 0 fully saturated rings. The van der Waals surface area contributed by atoms with Crippen LogP contribution in [-0.2, 0) is 28.6 Å². The van der Waals surface area contributed by atoms with Gasteiger partial charge in [0, 0.05) is 19.3 Å². The van der Waals surface area contributed by atoms with Gasteiger partial charge in [0.15, 0.2) is 6.10 Å². The maximum atomic E-state index is 12.9. The number of unbranched alkanes of at least 4 members (excludes halogenated alkanes) is 19. The normalized spacial score (nSPS) is 13.1. The number of hydrogen-bond acceptors (Lipinski definition) is 6. The minimum Gasteiger partial charge on any atom is -0.462 e. The molecule has 0 rings (SSSR count). The smallest absolute Gasteiger partial charge is 0.306 e. The van der Waals surface area contributed by atoms with Gasteiger partial charge in [0.2, 0.25) is 0 Å². The quantitative estimate of drug-likeness (QED) is 0.0261. The lowest BCUT2D eigenvalue weighted by Gasteiger charge is -2.18. The predicted molar refractivity (Wildman–Crippen MR) is 316 cm³/mol. The van der Waals surface area contributed by atoms with E-state index in [1.807, 2.05) is 0 Å². The van der Waals surface area contributed by atoms with E-state index in [0.29, 0.717) is 19.3 Å². The Bertz CT molecular complexity index is 1580. The van der Waals surface area contributed by atoms with Crippen molar-refractivity contribution in [1.29, 1.82) is 0 Å². The summed E-state index contributed by atoms with van der Waals surface area (Å²) in [5, 5.41) is 0. The molecule has 0 N–H and O–H groups in total. The molecule has 1 atom stereocenters. The number of carbonyl (C=O) groups excluding carboxylic acids is 3. The van der Waals surface area contributed by atoms with Gasteiger partial charge in [0.1, 0.15) is 13.2 Å². The molecule has 0 amide bonds. The van der Waals surface area contributed by atoms with Gasteiger partial charge in [-0.25, -0.2) is 0 Å². The summed E-state index contributed by atoms with van der Waals surface area (Å²) in [6.45, 7) is 6.26. The molecule has 0 aromatic rings. The highest BCUT2D eigenvalue weighted by atomic mass is 16.6. The van der Waals surface area contributed by atoms with E-state index >= 15 is 0 Å². The van der Waals surface area contributed by atoms with Gasteiger partial charge in [-0.15, -0.1) is 0 Å². The fourth-order valence-corrected chi connectivity index (χ4v) is 7.79. The van der Waals surface area contributed by atoms with Crippen LogP contribution in [0.3, 0.4) is 0 Å². The summed E-state index contributed by atoms with van der Waals surface area (Å²) < 4.78 is 16.8. The van der Waals surface area contributed by atoms with E-state index in [1.54, 1.807) is 0 Å². The Kier molecular flexibility index (Phi) is 56.4. The molecule has 0 aromatic carbocycles. The van der Waals surface area contributed by atoms with Crippen molar-refractivity contribution >= 4 is 17.9 Å². The molecular formula is C67H108O6. The summed E-state index contributed by atoms with van der Waals surface area (Å²) >= 11 is 0. The topological polar surface area (TPSA) is 78.9 Å². The number of rotatable bonds is 52. The zero-order valence-electron chi connectivity index (χ0n) is 47.1. The second-order valence-corrected chi connectivity index (χ2v) is 19.1. The fourth-order valence-electron chi connectivity index (χ4n) is 7.79. The SMILES string of the molecule is CC/C=C\C/C=C\C/C=C\C/C=C\C/C=C\CCCCCCCCCCCC(=O)OCC(COC(=O)CCCCC/C=C\C/C=C\C/C=C\CC)OC(=O)CCCCCCCCC/C=C\C/C=C\C/C=C\CC. The zero-order chi connectivity index (χ0) is 52.9. The van der Waals surface area contributed by atoms with Crippen molar-refractivity contribution in [2.45, 2.75) is 258 Å². The van der Waals surface area contributed by atoms with E-state index < -0.39 is 6.10 Å². The van der Waals surface area contributed by atoms with Crippen LogP contribution in [0.25, 0.3) is 0 Å². The van der Waals surface area contributed by atoms with E-state index in [0.717, 1.165) is 148 Å². The van der Waals surface area contributed by atoms with Gasteiger partial charge in [0.25, 0.3) is 0 Å². The van der Waals surface area contributed by atoms with E-state index in [1.165, 1.54) is 64.2 Å². The average molecular weight is 1010 g/mol. The van der Waals surface area contributed by atoms with Gasteiger partial charge < -0.3 is 14.2 Å². The third-order valence-electron chi connectivity index (χ3n) is 12.1. The van der Waals surface area contributed by atoms with Crippen LogP contribution in [-0.4, -0.2) is 37.2 Å². The lowest BCUT2D eigenvalue weighted by atomic mass is 10.1. The summed E-state index contributed by atoms with van der Waals surface area (Å²) in [7, 11) is 0. The van der Waals surface area contributed by atoms with Crippen molar-refractivity contribution in [2.75, 3.05) is 13.2 Å². The Balaban J connectivity index is 4.39. The standard InChI is InChI=1S/C67H108O6/c1-4-7-10-13-16-19-22-25-27-29-30-31-32-33-34-35-36-38-39-42-45-48-51-54-57-60-66(69)72-63-64(62-71-65(68)59-56-53-50-47-44-41-24-21-18-15-12-9-6-3)73-67(70)61-58-55-52-49-46-43-40-37-28-26-23-20-17-14-11-8-5-2/h7-12,16-21,25-28,30-31,33-34,41,44,64H,4-6,13-15,22-24,29,32,35-40,42-43,45-63H2,1-3H3/b10-7-,11-8-,12-9-,19-16-,20-17-,21-18-,27-25-,28-26-,31-30-,34-33-,44-41-. The van der Waals surface area contributed by atoms with Gasteiger partial charge in [-0.3, -0.25) is 14.4 Å². The molecule has 6 heteroatoms. The van der Waals surface area contributed by atoms with Crippen LogP contribution in [0.1, 0.15) is 252 Å². The maximum Gasteiger partial charge on any atom is 0.306 e. The highest BCUT2D eigenvalue weighted by Crippen LogP contribution is 2.15. The molecule has 6 nitrogen and oxygen atoms in total. The first-order valence-electron chi connectivity index (χ1n) is 29.7. The lowest BCUT2D eigenvalue weighted by Crippen LogP contribution is -2.30. The fraction of sp³-hybridized carbons (Fsp3) is 0.627. The highest BCUT2D eigenvalue weighted by Gasteiger charge is 2.19. The first kappa shape index (κ1) is 68.6. The first-order valence-corrected chi connectivity index (χ1v) is 29.7. The van der Waals surface area contributed by atoms with E-state index in [2.05, 4.69) is 154 Å². The summed E-state index contributed by atoms with van der Waals surface area (Å²) in [4.78, 5) is 38.2. The van der Waals surface area contributed by atoms with Crippen molar-refractivity contribution in [3.05, 3.63) is 134 Å². The van der Waals surface area contributed by atoms with E-state index in [4.69, 9.17) is 14.2 Å². The molecule has 0 aliphatic heterocycles. The maximum absolute atomic E-state index is 12.9. The number of hydrogen-bond donors (Lipinski definition) is 0. The number of esters is 3. The van der Waals surface area contributed by atoms with Crippen molar-refractivity contribution in [2.24, 2.45) is 0 Å². The largest absolute Gasteiger partial charge is 0.462 e. The first-order chi connectivity index (χ1) is 36.0. The summed E-state index contributed by atoms with van der Waals surface area (Å²) in [5.74, 6) is -0.947. The number of ether oxygens (including phenoxy) is 3. The number of carbonyl (C=O) groups is 3. The van der Waals surface area contributed by atoms with Gasteiger partial charge >= 0.3 is 17.9 Å². The molecule has 412 valence electrons. The Morgan fingerprint density at radius 1 is 0.274 bits per heavy atom. The van der Waals surface area contributed by atoms with Crippen LogP contribution in [0.4, 0.5) is 0 Å².